The Morgan fingerprint density at radius 2 is 2.12 bits per heavy atom. The fraction of sp³-hybridized carbons (Fsp3) is 0.400. The molecule has 1 saturated carbocycles. The van der Waals surface area contributed by atoms with Crippen molar-refractivity contribution in [2.45, 2.75) is 38.5 Å². The number of aryl methyl sites for hydroxylation is 1. The number of fused-ring (bicyclic) bond motifs is 1. The van der Waals surface area contributed by atoms with Crippen molar-refractivity contribution in [3.8, 4) is 0 Å². The van der Waals surface area contributed by atoms with Crippen LogP contribution in [0.25, 0.3) is 11.0 Å². The van der Waals surface area contributed by atoms with Gasteiger partial charge in [-0.3, -0.25) is 4.79 Å². The van der Waals surface area contributed by atoms with E-state index in [1.165, 1.54) is 5.56 Å². The van der Waals surface area contributed by atoms with Crippen molar-refractivity contribution in [2.75, 3.05) is 0 Å². The summed E-state index contributed by atoms with van der Waals surface area (Å²) in [5.74, 6) is 1.19. The van der Waals surface area contributed by atoms with E-state index in [9.17, 15) is 4.79 Å². The summed E-state index contributed by atoms with van der Waals surface area (Å²) >= 11 is 0. The molecule has 1 aliphatic rings. The van der Waals surface area contributed by atoms with Gasteiger partial charge in [0.05, 0.1) is 5.92 Å². The third kappa shape index (κ3) is 1.88. The van der Waals surface area contributed by atoms with Crippen LogP contribution in [-0.4, -0.2) is 5.78 Å². The minimum Gasteiger partial charge on any atom is -0.460 e. The van der Waals surface area contributed by atoms with E-state index < -0.39 is 0 Å². The summed E-state index contributed by atoms with van der Waals surface area (Å²) in [6.45, 7) is 2.07. The van der Waals surface area contributed by atoms with E-state index in [0.717, 1.165) is 36.0 Å². The fourth-order valence-electron chi connectivity index (χ4n) is 2.64. The van der Waals surface area contributed by atoms with Crippen LogP contribution in [0.4, 0.5) is 0 Å². The Morgan fingerprint density at radius 1 is 1.24 bits per heavy atom. The molecule has 0 bridgehead atoms. The molecule has 0 amide bonds. The van der Waals surface area contributed by atoms with Gasteiger partial charge in [0, 0.05) is 11.8 Å². The molecule has 3 rings (SSSR count). The van der Waals surface area contributed by atoms with Gasteiger partial charge >= 0.3 is 0 Å². The number of hydrogen-bond donors (Lipinski definition) is 0. The third-order valence-electron chi connectivity index (χ3n) is 3.59. The van der Waals surface area contributed by atoms with Crippen LogP contribution in [0.5, 0.6) is 0 Å². The standard InChI is InChI=1S/C15H16O2/c1-10-6-7-14-11(8-10)9-15(17-14)12-4-2-3-5-13(12)16/h6-9,12H,2-5H2,1H3. The lowest BCUT2D eigenvalue weighted by atomic mass is 9.86. The van der Waals surface area contributed by atoms with Crippen LogP contribution in [0.2, 0.25) is 0 Å². The van der Waals surface area contributed by atoms with E-state index in [-0.39, 0.29) is 5.92 Å². The molecular weight excluding hydrogens is 212 g/mol. The number of carbonyl (C=O) groups excluding carboxylic acids is 1. The summed E-state index contributed by atoms with van der Waals surface area (Å²) < 4.78 is 5.81. The zero-order chi connectivity index (χ0) is 11.8. The molecule has 0 radical (unpaired) electrons. The number of rotatable bonds is 1. The Balaban J connectivity index is 2.02. The van der Waals surface area contributed by atoms with Gasteiger partial charge in [-0.25, -0.2) is 0 Å². The first kappa shape index (κ1) is 10.6. The average molecular weight is 228 g/mol. The predicted molar refractivity (Wildman–Crippen MR) is 67.2 cm³/mol. The zero-order valence-electron chi connectivity index (χ0n) is 10.0. The maximum Gasteiger partial charge on any atom is 0.143 e. The molecule has 1 atom stereocenters. The van der Waals surface area contributed by atoms with E-state index in [0.29, 0.717) is 12.2 Å². The summed E-state index contributed by atoms with van der Waals surface area (Å²) in [7, 11) is 0. The number of hydrogen-bond acceptors (Lipinski definition) is 2. The number of furan rings is 1. The molecule has 88 valence electrons. The Labute approximate surface area is 101 Å². The topological polar surface area (TPSA) is 30.2 Å². The third-order valence-corrected chi connectivity index (χ3v) is 3.59. The first-order valence-electron chi connectivity index (χ1n) is 6.27. The van der Waals surface area contributed by atoms with E-state index >= 15 is 0 Å². The second-order valence-electron chi connectivity index (χ2n) is 4.95. The molecule has 1 unspecified atom stereocenters. The van der Waals surface area contributed by atoms with Crippen LogP contribution in [-0.2, 0) is 4.79 Å². The molecule has 1 aliphatic carbocycles. The molecule has 2 heteroatoms. The first-order valence-corrected chi connectivity index (χ1v) is 6.27. The quantitative estimate of drug-likeness (QED) is 0.739. The van der Waals surface area contributed by atoms with Crippen LogP contribution < -0.4 is 0 Å². The summed E-state index contributed by atoms with van der Waals surface area (Å²) in [5.41, 5.74) is 2.11. The van der Waals surface area contributed by atoms with E-state index in [4.69, 9.17) is 4.42 Å². The lowest BCUT2D eigenvalue weighted by Gasteiger charge is -2.17. The monoisotopic (exact) mass is 228 g/mol. The summed E-state index contributed by atoms with van der Waals surface area (Å²) in [4.78, 5) is 11.9. The normalized spacial score (nSPS) is 21.0. The van der Waals surface area contributed by atoms with Crippen LogP contribution in [0.3, 0.4) is 0 Å². The molecule has 1 aromatic carbocycles. The van der Waals surface area contributed by atoms with Crippen LogP contribution in [0, 0.1) is 6.92 Å². The number of Topliss-reactive ketones (excluding diaryl/α,β-unsaturated/α-hetero) is 1. The Morgan fingerprint density at radius 3 is 2.94 bits per heavy atom. The highest BCUT2D eigenvalue weighted by molar-refractivity contribution is 5.87. The van der Waals surface area contributed by atoms with Crippen molar-refractivity contribution < 1.29 is 9.21 Å². The van der Waals surface area contributed by atoms with Gasteiger partial charge in [-0.05, 0) is 38.0 Å². The molecule has 0 N–H and O–H groups in total. The minimum absolute atomic E-state index is 0.00328. The SMILES string of the molecule is Cc1ccc2oc(C3CCCCC3=O)cc2c1. The number of benzene rings is 1. The largest absolute Gasteiger partial charge is 0.460 e. The average Bonchev–Trinajstić information content (AvgIpc) is 2.72. The molecule has 0 saturated heterocycles. The zero-order valence-corrected chi connectivity index (χ0v) is 10.0. The highest BCUT2D eigenvalue weighted by Crippen LogP contribution is 2.33. The second kappa shape index (κ2) is 4.02. The maximum absolute atomic E-state index is 11.9. The molecule has 0 aliphatic heterocycles. The van der Waals surface area contributed by atoms with Crippen molar-refractivity contribution in [3.63, 3.8) is 0 Å². The number of carbonyl (C=O) groups is 1. The van der Waals surface area contributed by atoms with Gasteiger partial charge in [-0.1, -0.05) is 18.1 Å². The lowest BCUT2D eigenvalue weighted by Crippen LogP contribution is -2.16. The smallest absolute Gasteiger partial charge is 0.143 e. The Bertz CT molecular complexity index is 565. The van der Waals surface area contributed by atoms with Crippen LogP contribution >= 0.6 is 0 Å². The van der Waals surface area contributed by atoms with Gasteiger partial charge in [-0.2, -0.15) is 0 Å². The summed E-state index contributed by atoms with van der Waals surface area (Å²) in [5, 5.41) is 1.11. The molecule has 1 heterocycles. The lowest BCUT2D eigenvalue weighted by molar-refractivity contribution is -0.122. The highest BCUT2D eigenvalue weighted by atomic mass is 16.3. The van der Waals surface area contributed by atoms with Crippen molar-refractivity contribution in [1.82, 2.24) is 0 Å². The Kier molecular flexibility index (Phi) is 2.50. The predicted octanol–water partition coefficient (Wildman–Crippen LogP) is 3.97. The molecule has 2 nitrogen and oxygen atoms in total. The summed E-state index contributed by atoms with van der Waals surface area (Å²) in [6, 6.07) is 8.17. The van der Waals surface area contributed by atoms with Crippen molar-refractivity contribution in [2.24, 2.45) is 0 Å². The van der Waals surface area contributed by atoms with Gasteiger partial charge in [0.2, 0.25) is 0 Å². The fourth-order valence-corrected chi connectivity index (χ4v) is 2.64. The Hall–Kier alpha value is -1.57. The minimum atomic E-state index is -0.00328. The van der Waals surface area contributed by atoms with Crippen LogP contribution in [0.1, 0.15) is 42.9 Å². The van der Waals surface area contributed by atoms with Gasteiger partial charge < -0.3 is 4.42 Å². The maximum atomic E-state index is 11.9. The molecule has 17 heavy (non-hydrogen) atoms. The van der Waals surface area contributed by atoms with Gasteiger partial charge in [0.25, 0.3) is 0 Å². The second-order valence-corrected chi connectivity index (χ2v) is 4.95. The van der Waals surface area contributed by atoms with Crippen molar-refractivity contribution in [3.05, 3.63) is 35.6 Å². The van der Waals surface area contributed by atoms with Crippen LogP contribution in [0.15, 0.2) is 28.7 Å². The van der Waals surface area contributed by atoms with E-state index in [1.54, 1.807) is 0 Å². The molecule has 0 spiro atoms. The first-order chi connectivity index (χ1) is 8.24. The highest BCUT2D eigenvalue weighted by Gasteiger charge is 2.26. The molecule has 1 aromatic heterocycles. The van der Waals surface area contributed by atoms with Gasteiger partial charge in [0.15, 0.2) is 0 Å². The van der Waals surface area contributed by atoms with E-state index in [1.807, 2.05) is 18.2 Å². The molecule has 1 fully saturated rings. The van der Waals surface area contributed by atoms with Crippen molar-refractivity contribution in [1.29, 1.82) is 0 Å². The number of ketones is 1. The van der Waals surface area contributed by atoms with Crippen molar-refractivity contribution >= 4 is 16.8 Å². The molecular formula is C15H16O2. The van der Waals surface area contributed by atoms with Gasteiger partial charge in [0.1, 0.15) is 17.1 Å². The van der Waals surface area contributed by atoms with E-state index in [2.05, 4.69) is 13.0 Å². The molecule has 2 aromatic rings. The van der Waals surface area contributed by atoms with Gasteiger partial charge in [-0.15, -0.1) is 0 Å². The summed E-state index contributed by atoms with van der Waals surface area (Å²) in [6.07, 6.45) is 3.82.